The van der Waals surface area contributed by atoms with E-state index >= 15 is 0 Å². The second-order valence-corrected chi connectivity index (χ2v) is 4.37. The zero-order valence-corrected chi connectivity index (χ0v) is 9.73. The minimum atomic E-state index is 0.726. The zero-order valence-electron chi connectivity index (χ0n) is 9.73. The third kappa shape index (κ3) is 1.73. The van der Waals surface area contributed by atoms with Crippen LogP contribution < -0.4 is 10.5 Å². The number of anilines is 1. The monoisotopic (exact) mass is 226 g/mol. The number of aromatic nitrogens is 1. The van der Waals surface area contributed by atoms with E-state index in [0.29, 0.717) is 0 Å². The number of nitrogen functional groups attached to an aromatic ring is 1. The van der Waals surface area contributed by atoms with Crippen molar-refractivity contribution in [3.05, 3.63) is 41.6 Å². The minimum absolute atomic E-state index is 0.726. The molecule has 3 rings (SSSR count). The summed E-state index contributed by atoms with van der Waals surface area (Å²) in [5.74, 6) is 0.986. The lowest BCUT2D eigenvalue weighted by atomic mass is 10.0. The maximum atomic E-state index is 6.00. The summed E-state index contributed by atoms with van der Waals surface area (Å²) in [5, 5.41) is 0. The smallest absolute Gasteiger partial charge is 0.122 e. The Hall–Kier alpha value is -2.03. The number of ether oxygens (including phenoxy) is 1. The maximum absolute atomic E-state index is 6.00. The van der Waals surface area contributed by atoms with Gasteiger partial charge in [-0.15, -0.1) is 0 Å². The van der Waals surface area contributed by atoms with Crippen molar-refractivity contribution in [1.29, 1.82) is 0 Å². The Labute approximate surface area is 100 Å². The van der Waals surface area contributed by atoms with Gasteiger partial charge in [-0.05, 0) is 42.3 Å². The molecule has 0 fully saturated rings. The van der Waals surface area contributed by atoms with E-state index in [2.05, 4.69) is 11.1 Å². The molecule has 1 aromatic carbocycles. The van der Waals surface area contributed by atoms with Crippen LogP contribution in [-0.4, -0.2) is 11.6 Å². The Balaban J connectivity index is 2.09. The second-order valence-electron chi connectivity index (χ2n) is 4.37. The van der Waals surface area contributed by atoms with Gasteiger partial charge in [-0.2, -0.15) is 0 Å². The summed E-state index contributed by atoms with van der Waals surface area (Å²) in [5.41, 5.74) is 11.0. The highest BCUT2D eigenvalue weighted by atomic mass is 16.5. The molecule has 2 heterocycles. The van der Waals surface area contributed by atoms with Gasteiger partial charge >= 0.3 is 0 Å². The standard InChI is InChI=1S/C14H14N2O/c1-9-6-12(15)14(16-8-9)11-2-3-13-10(7-11)4-5-17-13/h2-3,6-8H,4-5,15H2,1H3. The number of benzene rings is 1. The predicted octanol–water partition coefficient (Wildman–Crippen LogP) is 2.57. The van der Waals surface area contributed by atoms with E-state index in [1.807, 2.05) is 31.3 Å². The fourth-order valence-corrected chi connectivity index (χ4v) is 2.17. The molecule has 1 aliphatic heterocycles. The van der Waals surface area contributed by atoms with Gasteiger partial charge in [0.1, 0.15) is 5.75 Å². The van der Waals surface area contributed by atoms with Crippen molar-refractivity contribution < 1.29 is 4.74 Å². The lowest BCUT2D eigenvalue weighted by Gasteiger charge is -2.07. The first-order chi connectivity index (χ1) is 8.24. The first-order valence-corrected chi connectivity index (χ1v) is 5.72. The van der Waals surface area contributed by atoms with E-state index in [9.17, 15) is 0 Å². The summed E-state index contributed by atoms with van der Waals surface area (Å²) in [7, 11) is 0. The molecule has 17 heavy (non-hydrogen) atoms. The van der Waals surface area contributed by atoms with Crippen LogP contribution in [0.1, 0.15) is 11.1 Å². The molecule has 3 heteroatoms. The Morgan fingerprint density at radius 2 is 2.18 bits per heavy atom. The van der Waals surface area contributed by atoms with Crippen molar-refractivity contribution in [1.82, 2.24) is 4.98 Å². The molecule has 3 nitrogen and oxygen atoms in total. The van der Waals surface area contributed by atoms with Crippen molar-refractivity contribution in [2.24, 2.45) is 0 Å². The molecule has 0 aliphatic carbocycles. The average Bonchev–Trinajstić information content (AvgIpc) is 2.75. The molecular weight excluding hydrogens is 212 g/mol. The number of hydrogen-bond donors (Lipinski definition) is 1. The molecule has 0 spiro atoms. The van der Waals surface area contributed by atoms with E-state index in [1.165, 1.54) is 5.56 Å². The van der Waals surface area contributed by atoms with Crippen molar-refractivity contribution in [2.75, 3.05) is 12.3 Å². The Kier molecular flexibility index (Phi) is 2.25. The summed E-state index contributed by atoms with van der Waals surface area (Å²) in [6.45, 7) is 2.76. The van der Waals surface area contributed by atoms with Crippen LogP contribution in [0.3, 0.4) is 0 Å². The third-order valence-corrected chi connectivity index (χ3v) is 3.02. The SMILES string of the molecule is Cc1cnc(-c2ccc3c(c2)CCO3)c(N)c1. The number of hydrogen-bond acceptors (Lipinski definition) is 3. The molecule has 1 aliphatic rings. The highest BCUT2D eigenvalue weighted by Crippen LogP contribution is 2.31. The molecule has 86 valence electrons. The van der Waals surface area contributed by atoms with Gasteiger partial charge in [0.15, 0.2) is 0 Å². The van der Waals surface area contributed by atoms with Crippen LogP contribution in [0.15, 0.2) is 30.5 Å². The number of nitrogens with zero attached hydrogens (tertiary/aromatic N) is 1. The Morgan fingerprint density at radius 1 is 1.29 bits per heavy atom. The fraction of sp³-hybridized carbons (Fsp3) is 0.214. The normalized spacial score (nSPS) is 13.2. The molecule has 0 unspecified atom stereocenters. The van der Waals surface area contributed by atoms with Crippen LogP contribution in [0.2, 0.25) is 0 Å². The lowest BCUT2D eigenvalue weighted by molar-refractivity contribution is 0.357. The van der Waals surface area contributed by atoms with Crippen molar-refractivity contribution in [3.8, 4) is 17.0 Å². The second kappa shape index (κ2) is 3.77. The molecule has 0 bridgehead atoms. The van der Waals surface area contributed by atoms with Gasteiger partial charge in [0.2, 0.25) is 0 Å². The molecule has 0 atom stereocenters. The van der Waals surface area contributed by atoms with Crippen LogP contribution in [0.5, 0.6) is 5.75 Å². The van der Waals surface area contributed by atoms with Crippen molar-refractivity contribution in [2.45, 2.75) is 13.3 Å². The number of rotatable bonds is 1. The molecule has 2 N–H and O–H groups in total. The quantitative estimate of drug-likeness (QED) is 0.813. The van der Waals surface area contributed by atoms with Crippen LogP contribution in [0.25, 0.3) is 11.3 Å². The summed E-state index contributed by atoms with van der Waals surface area (Å²) in [6, 6.07) is 8.08. The van der Waals surface area contributed by atoms with Crippen LogP contribution in [0, 0.1) is 6.92 Å². The summed E-state index contributed by atoms with van der Waals surface area (Å²) >= 11 is 0. The van der Waals surface area contributed by atoms with Crippen LogP contribution in [0.4, 0.5) is 5.69 Å². The average molecular weight is 226 g/mol. The van der Waals surface area contributed by atoms with Gasteiger partial charge in [-0.1, -0.05) is 0 Å². The first kappa shape index (κ1) is 10.1. The third-order valence-electron chi connectivity index (χ3n) is 3.02. The predicted molar refractivity (Wildman–Crippen MR) is 68.0 cm³/mol. The van der Waals surface area contributed by atoms with Gasteiger partial charge < -0.3 is 10.5 Å². The topological polar surface area (TPSA) is 48.1 Å². The molecule has 0 radical (unpaired) electrons. The highest BCUT2D eigenvalue weighted by Gasteiger charge is 2.14. The molecule has 1 aromatic heterocycles. The first-order valence-electron chi connectivity index (χ1n) is 5.72. The maximum Gasteiger partial charge on any atom is 0.122 e. The molecule has 0 saturated heterocycles. The summed E-state index contributed by atoms with van der Waals surface area (Å²) in [4.78, 5) is 4.41. The van der Waals surface area contributed by atoms with Gasteiger partial charge in [-0.25, -0.2) is 0 Å². The number of nitrogens with two attached hydrogens (primary N) is 1. The molecule has 0 amide bonds. The largest absolute Gasteiger partial charge is 0.493 e. The highest BCUT2D eigenvalue weighted by molar-refractivity contribution is 5.74. The fourth-order valence-electron chi connectivity index (χ4n) is 2.17. The Morgan fingerprint density at radius 3 is 3.00 bits per heavy atom. The molecule has 0 saturated carbocycles. The zero-order chi connectivity index (χ0) is 11.8. The number of fused-ring (bicyclic) bond motifs is 1. The van der Waals surface area contributed by atoms with Crippen LogP contribution in [-0.2, 0) is 6.42 Å². The van der Waals surface area contributed by atoms with E-state index in [0.717, 1.165) is 41.3 Å². The van der Waals surface area contributed by atoms with E-state index < -0.39 is 0 Å². The van der Waals surface area contributed by atoms with Gasteiger partial charge in [0, 0.05) is 18.2 Å². The van der Waals surface area contributed by atoms with Gasteiger partial charge in [0.05, 0.1) is 18.0 Å². The molecular formula is C14H14N2O. The number of aryl methyl sites for hydroxylation is 1. The van der Waals surface area contributed by atoms with Gasteiger partial charge in [0.25, 0.3) is 0 Å². The van der Waals surface area contributed by atoms with E-state index in [4.69, 9.17) is 10.5 Å². The Bertz CT molecular complexity index is 578. The van der Waals surface area contributed by atoms with E-state index in [-0.39, 0.29) is 0 Å². The number of pyridine rings is 1. The van der Waals surface area contributed by atoms with Crippen LogP contribution >= 0.6 is 0 Å². The van der Waals surface area contributed by atoms with Crippen molar-refractivity contribution in [3.63, 3.8) is 0 Å². The lowest BCUT2D eigenvalue weighted by Crippen LogP contribution is -1.94. The summed E-state index contributed by atoms with van der Waals surface area (Å²) < 4.78 is 5.49. The van der Waals surface area contributed by atoms with Crippen molar-refractivity contribution >= 4 is 5.69 Å². The summed E-state index contributed by atoms with van der Waals surface area (Å²) in [6.07, 6.45) is 2.81. The minimum Gasteiger partial charge on any atom is -0.493 e. The van der Waals surface area contributed by atoms with Gasteiger partial charge in [-0.3, -0.25) is 4.98 Å². The van der Waals surface area contributed by atoms with E-state index in [1.54, 1.807) is 0 Å². The molecule has 2 aromatic rings.